The first kappa shape index (κ1) is 19.6. The highest BCUT2D eigenvalue weighted by Crippen LogP contribution is 2.18. The summed E-state index contributed by atoms with van der Waals surface area (Å²) in [4.78, 5) is 28.6. The Labute approximate surface area is 167 Å². The molecule has 0 spiro atoms. The van der Waals surface area contributed by atoms with Gasteiger partial charge in [-0.25, -0.2) is 14.5 Å². The molecule has 3 aromatic rings. The predicted octanol–water partition coefficient (Wildman–Crippen LogP) is 3.64. The number of esters is 1. The summed E-state index contributed by atoms with van der Waals surface area (Å²) in [6, 6.07) is 12.4. The lowest BCUT2D eigenvalue weighted by molar-refractivity contribution is -0.119. The molecule has 0 saturated heterocycles. The maximum absolute atomic E-state index is 12.4. The van der Waals surface area contributed by atoms with Crippen LogP contribution in [-0.4, -0.2) is 33.2 Å². The fourth-order valence-corrected chi connectivity index (χ4v) is 2.77. The average Bonchev–Trinajstić information content (AvgIpc) is 3.00. The Kier molecular flexibility index (Phi) is 5.75. The van der Waals surface area contributed by atoms with Crippen molar-refractivity contribution in [2.24, 2.45) is 0 Å². The van der Waals surface area contributed by atoms with Gasteiger partial charge in [-0.2, -0.15) is 5.10 Å². The molecule has 1 amide bonds. The first-order valence-corrected chi connectivity index (χ1v) is 8.95. The molecule has 1 N–H and O–H groups in total. The van der Waals surface area contributed by atoms with E-state index in [-0.39, 0.29) is 10.7 Å². The minimum Gasteiger partial charge on any atom is -0.451 e. The van der Waals surface area contributed by atoms with E-state index in [0.717, 1.165) is 17.0 Å². The highest BCUT2D eigenvalue weighted by molar-refractivity contribution is 6.33. The average molecular weight is 399 g/mol. The Morgan fingerprint density at radius 1 is 1.11 bits per heavy atom. The molecule has 144 valence electrons. The van der Waals surface area contributed by atoms with Gasteiger partial charge in [0.05, 0.1) is 10.7 Å². The molecule has 0 atom stereocenters. The standard InChI is InChI=1S/C20H19ClN4O3/c1-12-4-6-15(7-5-12)22-18(26)11-28-20(27)19-16(21)8-9-17(23-19)25-14(3)10-13(2)24-25/h4-10H,11H2,1-3H3,(H,22,26). The summed E-state index contributed by atoms with van der Waals surface area (Å²) < 4.78 is 6.67. The van der Waals surface area contributed by atoms with E-state index in [1.54, 1.807) is 28.9 Å². The van der Waals surface area contributed by atoms with Crippen molar-refractivity contribution in [1.82, 2.24) is 14.8 Å². The van der Waals surface area contributed by atoms with Crippen LogP contribution in [0.15, 0.2) is 42.5 Å². The Bertz CT molecular complexity index is 1030. The Balaban J connectivity index is 1.68. The van der Waals surface area contributed by atoms with Gasteiger partial charge in [-0.15, -0.1) is 0 Å². The molecule has 0 aliphatic heterocycles. The lowest BCUT2D eigenvalue weighted by Crippen LogP contribution is -2.21. The molecule has 0 radical (unpaired) electrons. The number of halogens is 1. The van der Waals surface area contributed by atoms with Crippen molar-refractivity contribution in [3.8, 4) is 5.82 Å². The number of rotatable bonds is 5. The van der Waals surface area contributed by atoms with E-state index < -0.39 is 18.5 Å². The number of carbonyl (C=O) groups is 2. The molecule has 1 aromatic carbocycles. The minimum atomic E-state index is -0.785. The predicted molar refractivity (Wildman–Crippen MR) is 106 cm³/mol. The quantitative estimate of drug-likeness (QED) is 0.663. The summed E-state index contributed by atoms with van der Waals surface area (Å²) in [6.45, 7) is 5.24. The number of pyridine rings is 1. The SMILES string of the molecule is Cc1ccc(NC(=O)COC(=O)c2nc(-n3nc(C)cc3C)ccc2Cl)cc1. The van der Waals surface area contributed by atoms with Gasteiger partial charge in [-0.3, -0.25) is 4.79 Å². The van der Waals surface area contributed by atoms with Gasteiger partial charge in [-0.1, -0.05) is 29.3 Å². The fraction of sp³-hybridized carbons (Fsp3) is 0.200. The zero-order valence-corrected chi connectivity index (χ0v) is 16.4. The molecule has 28 heavy (non-hydrogen) atoms. The number of carbonyl (C=O) groups excluding carboxylic acids is 2. The third kappa shape index (κ3) is 4.55. The molecule has 3 rings (SSSR count). The van der Waals surface area contributed by atoms with Crippen molar-refractivity contribution in [3.05, 3.63) is 70.1 Å². The van der Waals surface area contributed by atoms with Crippen LogP contribution in [0.4, 0.5) is 5.69 Å². The van der Waals surface area contributed by atoms with Gasteiger partial charge in [0.1, 0.15) is 0 Å². The smallest absolute Gasteiger partial charge is 0.359 e. The number of aromatic nitrogens is 3. The lowest BCUT2D eigenvalue weighted by Gasteiger charge is -2.09. The zero-order chi connectivity index (χ0) is 20.3. The van der Waals surface area contributed by atoms with E-state index >= 15 is 0 Å². The van der Waals surface area contributed by atoms with Crippen LogP contribution < -0.4 is 5.32 Å². The lowest BCUT2D eigenvalue weighted by atomic mass is 10.2. The minimum absolute atomic E-state index is 0.0742. The van der Waals surface area contributed by atoms with Gasteiger partial charge in [0.2, 0.25) is 0 Å². The summed E-state index contributed by atoms with van der Waals surface area (Å²) in [5.74, 6) is -0.804. The number of nitrogens with one attached hydrogen (secondary N) is 1. The molecule has 0 unspecified atom stereocenters. The first-order valence-electron chi connectivity index (χ1n) is 8.57. The maximum Gasteiger partial charge on any atom is 0.359 e. The van der Waals surface area contributed by atoms with Crippen LogP contribution in [0.3, 0.4) is 0 Å². The van der Waals surface area contributed by atoms with Crippen molar-refractivity contribution in [3.63, 3.8) is 0 Å². The zero-order valence-electron chi connectivity index (χ0n) is 15.7. The van der Waals surface area contributed by atoms with Crippen LogP contribution in [0, 0.1) is 20.8 Å². The molecule has 7 nitrogen and oxygen atoms in total. The number of hydrogen-bond donors (Lipinski definition) is 1. The fourth-order valence-electron chi connectivity index (χ4n) is 2.59. The normalized spacial score (nSPS) is 10.6. The van der Waals surface area contributed by atoms with Crippen molar-refractivity contribution < 1.29 is 14.3 Å². The second-order valence-electron chi connectivity index (χ2n) is 6.33. The molecule has 8 heteroatoms. The Hall–Kier alpha value is -3.19. The summed E-state index contributed by atoms with van der Waals surface area (Å²) in [5.41, 5.74) is 3.31. The molecule has 0 aliphatic rings. The van der Waals surface area contributed by atoms with Gasteiger partial charge in [-0.05, 0) is 51.1 Å². The van der Waals surface area contributed by atoms with Gasteiger partial charge in [0.15, 0.2) is 18.1 Å². The Morgan fingerprint density at radius 3 is 2.46 bits per heavy atom. The summed E-state index contributed by atoms with van der Waals surface area (Å²) in [7, 11) is 0. The maximum atomic E-state index is 12.4. The number of anilines is 1. The summed E-state index contributed by atoms with van der Waals surface area (Å²) >= 11 is 6.09. The largest absolute Gasteiger partial charge is 0.451 e. The molecule has 0 bridgehead atoms. The van der Waals surface area contributed by atoms with Crippen LogP contribution in [0.5, 0.6) is 0 Å². The van der Waals surface area contributed by atoms with E-state index in [0.29, 0.717) is 11.5 Å². The van der Waals surface area contributed by atoms with Crippen LogP contribution in [0.1, 0.15) is 27.4 Å². The van der Waals surface area contributed by atoms with Crippen LogP contribution >= 0.6 is 11.6 Å². The molecular weight excluding hydrogens is 380 g/mol. The molecule has 0 saturated carbocycles. The topological polar surface area (TPSA) is 86.1 Å². The third-order valence-electron chi connectivity index (χ3n) is 3.92. The number of amides is 1. The van der Waals surface area contributed by atoms with Gasteiger partial charge in [0, 0.05) is 11.4 Å². The molecule has 0 aliphatic carbocycles. The molecule has 2 aromatic heterocycles. The third-order valence-corrected chi connectivity index (χ3v) is 4.23. The Morgan fingerprint density at radius 2 is 1.82 bits per heavy atom. The monoisotopic (exact) mass is 398 g/mol. The van der Waals surface area contributed by atoms with Gasteiger partial charge >= 0.3 is 5.97 Å². The molecule has 0 fully saturated rings. The van der Waals surface area contributed by atoms with Crippen molar-refractivity contribution in [2.45, 2.75) is 20.8 Å². The van der Waals surface area contributed by atoms with E-state index in [1.807, 2.05) is 39.0 Å². The second kappa shape index (κ2) is 8.22. The van der Waals surface area contributed by atoms with Crippen molar-refractivity contribution in [2.75, 3.05) is 11.9 Å². The van der Waals surface area contributed by atoms with E-state index in [2.05, 4.69) is 15.4 Å². The number of aryl methyl sites for hydroxylation is 3. The summed E-state index contributed by atoms with van der Waals surface area (Å²) in [6.07, 6.45) is 0. The molecule has 2 heterocycles. The first-order chi connectivity index (χ1) is 13.3. The van der Waals surface area contributed by atoms with Crippen LogP contribution in [0.2, 0.25) is 5.02 Å². The van der Waals surface area contributed by atoms with Gasteiger partial charge in [0.25, 0.3) is 5.91 Å². The van der Waals surface area contributed by atoms with Crippen LogP contribution in [0.25, 0.3) is 5.82 Å². The second-order valence-corrected chi connectivity index (χ2v) is 6.74. The highest BCUT2D eigenvalue weighted by Gasteiger charge is 2.18. The molecular formula is C20H19ClN4O3. The van der Waals surface area contributed by atoms with Crippen molar-refractivity contribution in [1.29, 1.82) is 0 Å². The van der Waals surface area contributed by atoms with Crippen LogP contribution in [-0.2, 0) is 9.53 Å². The highest BCUT2D eigenvalue weighted by atomic mass is 35.5. The number of benzene rings is 1. The summed E-state index contributed by atoms with van der Waals surface area (Å²) in [5, 5.41) is 7.12. The van der Waals surface area contributed by atoms with Crippen molar-refractivity contribution >= 4 is 29.2 Å². The van der Waals surface area contributed by atoms with E-state index in [1.165, 1.54) is 0 Å². The van der Waals surface area contributed by atoms with E-state index in [4.69, 9.17) is 16.3 Å². The number of hydrogen-bond acceptors (Lipinski definition) is 5. The van der Waals surface area contributed by atoms with Gasteiger partial charge < -0.3 is 10.1 Å². The number of nitrogens with zero attached hydrogens (tertiary/aromatic N) is 3. The number of ether oxygens (including phenoxy) is 1. The van der Waals surface area contributed by atoms with E-state index in [9.17, 15) is 9.59 Å².